The van der Waals surface area contributed by atoms with Crippen LogP contribution < -0.4 is 0 Å². The number of hydrogen-bond donors (Lipinski definition) is 0. The Morgan fingerprint density at radius 2 is 2.14 bits per heavy atom. The summed E-state index contributed by atoms with van der Waals surface area (Å²) in [6, 6.07) is 1.94. The summed E-state index contributed by atoms with van der Waals surface area (Å²) in [6.07, 6.45) is 16.8. The molecule has 22 heavy (non-hydrogen) atoms. The molecular formula is C17H18N3OTl. The Morgan fingerprint density at radius 1 is 1.32 bits per heavy atom. The Kier molecular flexibility index (Phi) is 5.17. The first-order chi connectivity index (χ1) is 10.7. The number of ketones is 1. The molecule has 1 aliphatic carbocycles. The molecule has 2 aromatic rings. The van der Waals surface area contributed by atoms with Gasteiger partial charge in [-0.25, -0.2) is 0 Å². The molecule has 3 rings (SSSR count). The average molecular weight is 485 g/mol. The molecule has 0 radical (unpaired) electrons. The van der Waals surface area contributed by atoms with Gasteiger partial charge in [-0.15, -0.1) is 0 Å². The van der Waals surface area contributed by atoms with E-state index in [-0.39, 0.29) is 11.7 Å². The molecule has 0 N–H and O–H groups in total. The van der Waals surface area contributed by atoms with Gasteiger partial charge in [-0.2, -0.15) is 0 Å². The van der Waals surface area contributed by atoms with Crippen molar-refractivity contribution in [2.45, 2.75) is 32.1 Å². The fourth-order valence-corrected chi connectivity index (χ4v) is 3.74. The summed E-state index contributed by atoms with van der Waals surface area (Å²) >= 11 is 0.704. The van der Waals surface area contributed by atoms with Gasteiger partial charge >= 0.3 is 147 Å². The zero-order valence-electron chi connectivity index (χ0n) is 12.5. The molecule has 2 aromatic heterocycles. The van der Waals surface area contributed by atoms with Crippen molar-refractivity contribution < 1.29 is 4.79 Å². The Hall–Kier alpha value is -1.31. The van der Waals surface area contributed by atoms with Crippen LogP contribution in [-0.4, -0.2) is 44.2 Å². The summed E-state index contributed by atoms with van der Waals surface area (Å²) in [5.74, 6) is 0.481. The number of carbonyl (C=O) groups is 1. The number of allylic oxidation sites excluding steroid dienone is 1. The fraction of sp³-hybridized carbons (Fsp3) is 0.353. The van der Waals surface area contributed by atoms with E-state index in [1.54, 1.807) is 12.3 Å². The first-order valence-corrected chi connectivity index (χ1v) is 9.70. The Morgan fingerprint density at radius 3 is 2.86 bits per heavy atom. The molecule has 0 amide bonds. The number of aromatic nitrogens is 3. The molecule has 5 heteroatoms. The second-order valence-corrected chi connectivity index (χ2v) is 8.06. The van der Waals surface area contributed by atoms with Gasteiger partial charge < -0.3 is 0 Å². The number of carbonyl (C=O) groups excluding carboxylic acids is 1. The van der Waals surface area contributed by atoms with Crippen molar-refractivity contribution in [2.75, 3.05) is 0 Å². The third-order valence-corrected chi connectivity index (χ3v) is 5.26. The SMILES string of the molecule is O=C(/C=C/c1ccncc1-c1c[n]([Tl])cn1)C1CCCCC1. The molecule has 4 nitrogen and oxygen atoms in total. The maximum absolute atomic E-state index is 12.3. The van der Waals surface area contributed by atoms with Gasteiger partial charge in [0.2, 0.25) is 0 Å². The third kappa shape index (κ3) is 3.71. The minimum atomic E-state index is 0.220. The van der Waals surface area contributed by atoms with Crippen LogP contribution in [0.2, 0.25) is 0 Å². The van der Waals surface area contributed by atoms with Gasteiger partial charge in [0.25, 0.3) is 0 Å². The molecule has 1 saturated carbocycles. The van der Waals surface area contributed by atoms with Crippen LogP contribution in [0.3, 0.4) is 0 Å². The zero-order valence-corrected chi connectivity index (χ0v) is 17.0. The van der Waals surface area contributed by atoms with E-state index < -0.39 is 0 Å². The summed E-state index contributed by atoms with van der Waals surface area (Å²) in [5.41, 5.74) is 2.90. The molecule has 1 aliphatic rings. The van der Waals surface area contributed by atoms with E-state index in [0.29, 0.717) is 26.1 Å². The summed E-state index contributed by atoms with van der Waals surface area (Å²) in [4.78, 5) is 20.9. The Bertz CT molecular complexity index is 687. The van der Waals surface area contributed by atoms with Crippen molar-refractivity contribution in [3.63, 3.8) is 0 Å². The summed E-state index contributed by atoms with van der Waals surface area (Å²) in [7, 11) is 0. The summed E-state index contributed by atoms with van der Waals surface area (Å²) in [5, 5.41) is 0. The first-order valence-electron chi connectivity index (χ1n) is 7.69. The van der Waals surface area contributed by atoms with E-state index in [9.17, 15) is 4.79 Å². The monoisotopic (exact) mass is 485 g/mol. The van der Waals surface area contributed by atoms with Crippen LogP contribution >= 0.6 is 0 Å². The van der Waals surface area contributed by atoms with Crippen LogP contribution in [0, 0.1) is 5.92 Å². The van der Waals surface area contributed by atoms with Crippen molar-refractivity contribution in [3.8, 4) is 11.3 Å². The predicted octanol–water partition coefficient (Wildman–Crippen LogP) is 3.04. The molecule has 0 saturated heterocycles. The number of nitrogens with zero attached hydrogens (tertiary/aromatic N) is 3. The number of rotatable bonds is 4. The van der Waals surface area contributed by atoms with Crippen molar-refractivity contribution in [1.29, 1.82) is 0 Å². The number of hydrogen-bond acceptors (Lipinski definition) is 3. The number of imidazole rings is 1. The van der Waals surface area contributed by atoms with Gasteiger partial charge in [-0.1, -0.05) is 0 Å². The molecule has 0 bridgehead atoms. The van der Waals surface area contributed by atoms with Crippen LogP contribution in [0.25, 0.3) is 17.3 Å². The zero-order chi connectivity index (χ0) is 15.4. The normalized spacial score (nSPS) is 16.1. The van der Waals surface area contributed by atoms with E-state index in [1.807, 2.05) is 30.9 Å². The predicted molar refractivity (Wildman–Crippen MR) is 87.2 cm³/mol. The van der Waals surface area contributed by atoms with E-state index in [2.05, 4.69) is 12.3 Å². The van der Waals surface area contributed by atoms with Crippen LogP contribution in [0.5, 0.6) is 0 Å². The molecule has 1 fully saturated rings. The van der Waals surface area contributed by atoms with Gasteiger partial charge in [0, 0.05) is 0 Å². The first kappa shape index (κ1) is 15.6. The molecule has 0 aliphatic heterocycles. The van der Waals surface area contributed by atoms with E-state index in [4.69, 9.17) is 0 Å². The molecule has 0 spiro atoms. The number of pyridine rings is 1. The molecule has 110 valence electrons. The fourth-order valence-electron chi connectivity index (χ4n) is 2.94. The van der Waals surface area contributed by atoms with Crippen molar-refractivity contribution in [2.24, 2.45) is 5.92 Å². The van der Waals surface area contributed by atoms with Gasteiger partial charge in [-0.05, 0) is 0 Å². The summed E-state index contributed by atoms with van der Waals surface area (Å²) in [6.45, 7) is 0. The van der Waals surface area contributed by atoms with Crippen LogP contribution in [-0.2, 0) is 4.79 Å². The minimum absolute atomic E-state index is 0.220. The summed E-state index contributed by atoms with van der Waals surface area (Å²) < 4.78 is 2.07. The Labute approximate surface area is 146 Å². The van der Waals surface area contributed by atoms with E-state index in [0.717, 1.165) is 29.7 Å². The van der Waals surface area contributed by atoms with Crippen molar-refractivity contribution in [3.05, 3.63) is 42.6 Å². The van der Waals surface area contributed by atoms with Crippen LogP contribution in [0.4, 0.5) is 0 Å². The molecule has 0 atom stereocenters. The maximum atomic E-state index is 12.3. The van der Waals surface area contributed by atoms with Crippen molar-refractivity contribution in [1.82, 2.24) is 12.3 Å². The quantitative estimate of drug-likeness (QED) is 0.495. The molecule has 0 unspecified atom stereocenters. The van der Waals surface area contributed by atoms with Crippen molar-refractivity contribution >= 4 is 37.9 Å². The average Bonchev–Trinajstić information content (AvgIpc) is 3.00. The standard InChI is InChI=1S/C17H19N3O.Tl/c21-17(14-4-2-1-3-5-14)7-6-13-8-9-18-10-15(13)16-11-19-12-20-16;/h6-12,14H,1-5H2,(H,19,20,21);/q;+1/p-1. The van der Waals surface area contributed by atoms with E-state index in [1.165, 1.54) is 19.3 Å². The van der Waals surface area contributed by atoms with Crippen LogP contribution in [0.15, 0.2) is 37.1 Å². The second kappa shape index (κ2) is 7.30. The Balaban J connectivity index is 1.80. The molecular weight excluding hydrogens is 467 g/mol. The second-order valence-electron chi connectivity index (χ2n) is 5.74. The molecule has 0 aromatic carbocycles. The molecule has 2 heterocycles. The van der Waals surface area contributed by atoms with Gasteiger partial charge in [-0.3, -0.25) is 0 Å². The van der Waals surface area contributed by atoms with Gasteiger partial charge in [0.15, 0.2) is 0 Å². The third-order valence-electron chi connectivity index (χ3n) is 4.17. The van der Waals surface area contributed by atoms with E-state index >= 15 is 0 Å². The topological polar surface area (TPSA) is 47.8 Å². The van der Waals surface area contributed by atoms with Gasteiger partial charge in [0.05, 0.1) is 0 Å². The van der Waals surface area contributed by atoms with Gasteiger partial charge in [0.1, 0.15) is 0 Å². The van der Waals surface area contributed by atoms with Crippen LogP contribution in [0.1, 0.15) is 37.7 Å².